The molecule has 0 aliphatic carbocycles. The van der Waals surface area contributed by atoms with Gasteiger partial charge in [-0.3, -0.25) is 0 Å². The monoisotopic (exact) mass is 296 g/mol. The van der Waals surface area contributed by atoms with E-state index in [4.69, 9.17) is 11.6 Å². The van der Waals surface area contributed by atoms with Gasteiger partial charge in [0.25, 0.3) is 0 Å². The Labute approximate surface area is 121 Å². The molecule has 100 valence electrons. The molecule has 0 amide bonds. The zero-order valence-electron chi connectivity index (χ0n) is 10.4. The maximum atomic E-state index is 14.2. The zero-order chi connectivity index (χ0) is 13.8. The van der Waals surface area contributed by atoms with Gasteiger partial charge in [0, 0.05) is 21.9 Å². The van der Waals surface area contributed by atoms with Crippen LogP contribution in [0.2, 0.25) is 5.02 Å². The van der Waals surface area contributed by atoms with Crippen LogP contribution in [0.15, 0.2) is 47.4 Å². The second-order valence-electron chi connectivity index (χ2n) is 4.18. The Balaban J connectivity index is 2.31. The quantitative estimate of drug-likeness (QED) is 0.840. The lowest BCUT2D eigenvalue weighted by molar-refractivity contribution is 0.173. The highest BCUT2D eigenvalue weighted by molar-refractivity contribution is 7.98. The second-order valence-corrected chi connectivity index (χ2v) is 5.44. The van der Waals surface area contributed by atoms with Gasteiger partial charge in [-0.05, 0) is 24.0 Å². The Hall–Kier alpha value is -1.03. The molecule has 0 spiro atoms. The molecule has 19 heavy (non-hydrogen) atoms. The molecule has 2 rings (SSSR count). The minimum absolute atomic E-state index is 0.178. The van der Waals surface area contributed by atoms with Gasteiger partial charge in [-0.25, -0.2) is 4.39 Å². The van der Waals surface area contributed by atoms with Crippen molar-refractivity contribution in [3.63, 3.8) is 0 Å². The van der Waals surface area contributed by atoms with Gasteiger partial charge in [0.2, 0.25) is 0 Å². The minimum Gasteiger partial charge on any atom is -0.388 e. The van der Waals surface area contributed by atoms with E-state index in [-0.39, 0.29) is 10.6 Å². The standard InChI is InChI=1S/C15H14ClFOS/c1-19-13-8-7-11(16)14(15(13)17)12(18)9-10-5-3-2-4-6-10/h2-8,12,18H,9H2,1H3. The lowest BCUT2D eigenvalue weighted by atomic mass is 10.0. The van der Waals surface area contributed by atoms with Crippen molar-refractivity contribution in [3.05, 3.63) is 64.4 Å². The van der Waals surface area contributed by atoms with E-state index in [9.17, 15) is 9.50 Å². The third kappa shape index (κ3) is 3.30. The van der Waals surface area contributed by atoms with Gasteiger partial charge in [0.15, 0.2) is 0 Å². The maximum Gasteiger partial charge on any atom is 0.144 e. The van der Waals surface area contributed by atoms with E-state index in [1.807, 2.05) is 30.3 Å². The molecule has 1 N–H and O–H groups in total. The van der Waals surface area contributed by atoms with Crippen LogP contribution in [0, 0.1) is 5.82 Å². The summed E-state index contributed by atoms with van der Waals surface area (Å²) >= 11 is 7.31. The van der Waals surface area contributed by atoms with E-state index in [0.717, 1.165) is 5.56 Å². The Morgan fingerprint density at radius 2 is 1.89 bits per heavy atom. The number of halogens is 2. The molecule has 1 unspecified atom stereocenters. The zero-order valence-corrected chi connectivity index (χ0v) is 12.0. The maximum absolute atomic E-state index is 14.2. The summed E-state index contributed by atoms with van der Waals surface area (Å²) in [5.74, 6) is -0.427. The largest absolute Gasteiger partial charge is 0.388 e. The molecule has 0 aliphatic rings. The molecule has 2 aromatic rings. The average Bonchev–Trinajstić information content (AvgIpc) is 2.40. The van der Waals surface area contributed by atoms with Gasteiger partial charge in [0.1, 0.15) is 5.82 Å². The molecule has 0 saturated carbocycles. The van der Waals surface area contributed by atoms with Crippen LogP contribution in [0.5, 0.6) is 0 Å². The number of rotatable bonds is 4. The van der Waals surface area contributed by atoms with Crippen LogP contribution >= 0.6 is 23.4 Å². The first kappa shape index (κ1) is 14.4. The molecule has 1 nitrogen and oxygen atoms in total. The van der Waals surface area contributed by atoms with Gasteiger partial charge in [-0.1, -0.05) is 41.9 Å². The van der Waals surface area contributed by atoms with Crippen LogP contribution in [-0.4, -0.2) is 11.4 Å². The van der Waals surface area contributed by atoms with E-state index in [0.29, 0.717) is 11.3 Å². The number of hydrogen-bond acceptors (Lipinski definition) is 2. The minimum atomic E-state index is -0.943. The van der Waals surface area contributed by atoms with Gasteiger partial charge in [-0.15, -0.1) is 11.8 Å². The third-order valence-corrected chi connectivity index (χ3v) is 4.00. The predicted octanol–water partition coefficient (Wildman–Crippen LogP) is 4.48. The Morgan fingerprint density at radius 3 is 2.53 bits per heavy atom. The summed E-state index contributed by atoms with van der Waals surface area (Å²) in [7, 11) is 0. The van der Waals surface area contributed by atoms with Gasteiger partial charge in [0.05, 0.1) is 6.10 Å². The lowest BCUT2D eigenvalue weighted by Gasteiger charge is -2.15. The third-order valence-electron chi connectivity index (χ3n) is 2.92. The molecule has 0 heterocycles. The van der Waals surface area contributed by atoms with E-state index in [1.54, 1.807) is 18.4 Å². The van der Waals surface area contributed by atoms with Crippen molar-refractivity contribution in [3.8, 4) is 0 Å². The van der Waals surface area contributed by atoms with Gasteiger partial charge < -0.3 is 5.11 Å². The molecule has 0 radical (unpaired) electrons. The van der Waals surface area contributed by atoms with Crippen LogP contribution < -0.4 is 0 Å². The number of hydrogen-bond donors (Lipinski definition) is 1. The van der Waals surface area contributed by atoms with Crippen LogP contribution in [0.1, 0.15) is 17.2 Å². The van der Waals surface area contributed by atoms with Crippen molar-refractivity contribution >= 4 is 23.4 Å². The Morgan fingerprint density at radius 1 is 1.21 bits per heavy atom. The molecule has 2 aromatic carbocycles. The fourth-order valence-electron chi connectivity index (χ4n) is 1.95. The first-order chi connectivity index (χ1) is 9.13. The van der Waals surface area contributed by atoms with Crippen molar-refractivity contribution in [1.82, 2.24) is 0 Å². The summed E-state index contributed by atoms with van der Waals surface area (Å²) in [6.45, 7) is 0. The van der Waals surface area contributed by atoms with Crippen LogP contribution in [-0.2, 0) is 6.42 Å². The molecular weight excluding hydrogens is 283 g/mol. The summed E-state index contributed by atoms with van der Waals surface area (Å²) in [5, 5.41) is 10.5. The lowest BCUT2D eigenvalue weighted by Crippen LogP contribution is -2.06. The number of aliphatic hydroxyl groups excluding tert-OH is 1. The van der Waals surface area contributed by atoms with E-state index >= 15 is 0 Å². The summed E-state index contributed by atoms with van der Waals surface area (Å²) in [4.78, 5) is 0.492. The first-order valence-corrected chi connectivity index (χ1v) is 7.47. The summed E-state index contributed by atoms with van der Waals surface area (Å²) in [5.41, 5.74) is 1.12. The average molecular weight is 297 g/mol. The van der Waals surface area contributed by atoms with Crippen molar-refractivity contribution < 1.29 is 9.50 Å². The van der Waals surface area contributed by atoms with Crippen LogP contribution in [0.4, 0.5) is 4.39 Å². The van der Waals surface area contributed by atoms with Crippen molar-refractivity contribution in [2.75, 3.05) is 6.26 Å². The predicted molar refractivity (Wildman–Crippen MR) is 78.3 cm³/mol. The summed E-state index contributed by atoms with van der Waals surface area (Å²) < 4.78 is 14.2. The van der Waals surface area contributed by atoms with Crippen molar-refractivity contribution in [2.24, 2.45) is 0 Å². The van der Waals surface area contributed by atoms with Gasteiger partial charge in [-0.2, -0.15) is 0 Å². The molecule has 4 heteroatoms. The SMILES string of the molecule is CSc1ccc(Cl)c(C(O)Cc2ccccc2)c1F. The highest BCUT2D eigenvalue weighted by Crippen LogP contribution is 2.33. The molecule has 0 aliphatic heterocycles. The molecule has 0 bridgehead atoms. The number of thioether (sulfide) groups is 1. The Bertz CT molecular complexity index is 560. The van der Waals surface area contributed by atoms with Gasteiger partial charge >= 0.3 is 0 Å². The molecule has 0 fully saturated rings. The van der Waals surface area contributed by atoms with Crippen molar-refractivity contribution in [1.29, 1.82) is 0 Å². The fourth-order valence-corrected chi connectivity index (χ4v) is 2.72. The highest BCUT2D eigenvalue weighted by atomic mass is 35.5. The summed E-state index contributed by atoms with van der Waals surface area (Å²) in [6.07, 6.45) is 1.19. The second kappa shape index (κ2) is 6.42. The number of aliphatic hydroxyl groups is 1. The van der Waals surface area contributed by atoms with Crippen LogP contribution in [0.3, 0.4) is 0 Å². The fraction of sp³-hybridized carbons (Fsp3) is 0.200. The number of benzene rings is 2. The van der Waals surface area contributed by atoms with E-state index < -0.39 is 11.9 Å². The molecule has 0 aromatic heterocycles. The molecule has 1 atom stereocenters. The smallest absolute Gasteiger partial charge is 0.144 e. The van der Waals surface area contributed by atoms with E-state index in [1.165, 1.54) is 11.8 Å². The van der Waals surface area contributed by atoms with Crippen LogP contribution in [0.25, 0.3) is 0 Å². The molecule has 0 saturated heterocycles. The first-order valence-electron chi connectivity index (χ1n) is 5.87. The molecular formula is C15H14ClFOS. The Kier molecular flexibility index (Phi) is 4.86. The topological polar surface area (TPSA) is 20.2 Å². The van der Waals surface area contributed by atoms with Crippen molar-refractivity contribution in [2.45, 2.75) is 17.4 Å². The normalized spacial score (nSPS) is 12.4. The van der Waals surface area contributed by atoms with E-state index in [2.05, 4.69) is 0 Å². The highest BCUT2D eigenvalue weighted by Gasteiger charge is 2.19. The summed E-state index contributed by atoms with van der Waals surface area (Å²) in [6, 6.07) is 12.7.